The van der Waals surface area contributed by atoms with E-state index in [1.54, 1.807) is 11.8 Å². The van der Waals surface area contributed by atoms with Gasteiger partial charge < -0.3 is 10.6 Å². The van der Waals surface area contributed by atoms with Gasteiger partial charge in [-0.25, -0.2) is 0 Å². The Morgan fingerprint density at radius 3 is 3.22 bits per heavy atom. The van der Waals surface area contributed by atoms with Crippen LogP contribution in [0, 0.1) is 0 Å². The lowest BCUT2D eigenvalue weighted by Gasteiger charge is -1.98. The van der Waals surface area contributed by atoms with Gasteiger partial charge in [-0.05, 0) is 7.05 Å². The fourth-order valence-electron chi connectivity index (χ4n) is 0.626. The van der Waals surface area contributed by atoms with Crippen molar-refractivity contribution in [3.8, 4) is 0 Å². The average Bonchev–Trinajstić information content (AvgIpc) is 2.17. The minimum absolute atomic E-state index is 0.0355. The second kappa shape index (κ2) is 3.34. The number of halogens is 1. The van der Waals surface area contributed by atoms with Crippen LogP contribution in [0.1, 0.15) is 0 Å². The molecule has 0 spiro atoms. The summed E-state index contributed by atoms with van der Waals surface area (Å²) in [6.07, 6.45) is 1.94. The smallest absolute Gasteiger partial charge is 0.152 e. The van der Waals surface area contributed by atoms with E-state index in [0.29, 0.717) is 0 Å². The molecule has 0 bridgehead atoms. The number of thioether (sulfide) groups is 1. The van der Waals surface area contributed by atoms with Crippen LogP contribution >= 0.6 is 23.4 Å². The Kier molecular flexibility index (Phi) is 2.69. The summed E-state index contributed by atoms with van der Waals surface area (Å²) < 4.78 is 0. The standard InChI is InChI=1S/C5H9ClN2S/c1-7-2-4-3-8-5(6)9-4/h3,5,7-8H,2H2,1H3. The van der Waals surface area contributed by atoms with Crippen LogP contribution < -0.4 is 10.6 Å². The first kappa shape index (κ1) is 7.25. The van der Waals surface area contributed by atoms with Crippen molar-refractivity contribution < 1.29 is 0 Å². The van der Waals surface area contributed by atoms with E-state index in [4.69, 9.17) is 11.6 Å². The van der Waals surface area contributed by atoms with Crippen molar-refractivity contribution in [2.75, 3.05) is 13.6 Å². The zero-order valence-corrected chi connectivity index (χ0v) is 6.72. The quantitative estimate of drug-likeness (QED) is 0.469. The molecule has 1 rings (SSSR count). The summed E-state index contributed by atoms with van der Waals surface area (Å²) in [5.74, 6) is 0. The maximum absolute atomic E-state index is 5.71. The predicted octanol–water partition coefficient (Wildman–Crippen LogP) is 0.906. The van der Waals surface area contributed by atoms with E-state index >= 15 is 0 Å². The highest BCUT2D eigenvalue weighted by Crippen LogP contribution is 2.26. The molecule has 2 N–H and O–H groups in total. The Morgan fingerprint density at radius 1 is 2.00 bits per heavy atom. The normalized spacial score (nSPS) is 25.6. The monoisotopic (exact) mass is 164 g/mol. The third-order valence-electron chi connectivity index (χ3n) is 0.981. The number of rotatable bonds is 2. The molecular formula is C5H9ClN2S. The van der Waals surface area contributed by atoms with Gasteiger partial charge in [-0.3, -0.25) is 0 Å². The fourth-order valence-corrected chi connectivity index (χ4v) is 1.80. The van der Waals surface area contributed by atoms with Crippen LogP contribution in [0.2, 0.25) is 0 Å². The van der Waals surface area contributed by atoms with E-state index < -0.39 is 0 Å². The first-order valence-electron chi connectivity index (χ1n) is 2.73. The first-order valence-corrected chi connectivity index (χ1v) is 4.05. The van der Waals surface area contributed by atoms with Gasteiger partial charge in [-0.15, -0.1) is 0 Å². The second-order valence-electron chi connectivity index (χ2n) is 1.74. The van der Waals surface area contributed by atoms with E-state index in [1.807, 2.05) is 13.2 Å². The van der Waals surface area contributed by atoms with Gasteiger partial charge in [0.2, 0.25) is 0 Å². The lowest BCUT2D eigenvalue weighted by Crippen LogP contribution is -2.07. The molecule has 0 aromatic carbocycles. The van der Waals surface area contributed by atoms with Crippen molar-refractivity contribution >= 4 is 23.4 Å². The summed E-state index contributed by atoms with van der Waals surface area (Å²) in [6, 6.07) is 0. The molecular weight excluding hydrogens is 156 g/mol. The third-order valence-corrected chi connectivity index (χ3v) is 2.28. The maximum atomic E-state index is 5.71. The minimum Gasteiger partial charge on any atom is -0.366 e. The Bertz CT molecular complexity index is 126. The molecule has 0 aliphatic carbocycles. The van der Waals surface area contributed by atoms with Crippen molar-refractivity contribution in [3.05, 3.63) is 11.1 Å². The van der Waals surface area contributed by atoms with Crippen molar-refractivity contribution in [1.82, 2.24) is 10.6 Å². The summed E-state index contributed by atoms with van der Waals surface area (Å²) in [5, 5.41) is 6.02. The van der Waals surface area contributed by atoms with E-state index in [1.165, 1.54) is 4.91 Å². The van der Waals surface area contributed by atoms with Gasteiger partial charge in [0.25, 0.3) is 0 Å². The molecule has 4 heteroatoms. The van der Waals surface area contributed by atoms with E-state index in [9.17, 15) is 0 Å². The van der Waals surface area contributed by atoms with E-state index in [2.05, 4.69) is 10.6 Å². The summed E-state index contributed by atoms with van der Waals surface area (Å²) in [7, 11) is 1.92. The Balaban J connectivity index is 2.27. The van der Waals surface area contributed by atoms with Crippen molar-refractivity contribution in [2.24, 2.45) is 0 Å². The molecule has 52 valence electrons. The minimum atomic E-state index is 0.0355. The van der Waals surface area contributed by atoms with Crippen LogP contribution in [0.25, 0.3) is 0 Å². The largest absolute Gasteiger partial charge is 0.366 e. The van der Waals surface area contributed by atoms with Crippen LogP contribution in [0.15, 0.2) is 11.1 Å². The lowest BCUT2D eigenvalue weighted by molar-refractivity contribution is 0.905. The van der Waals surface area contributed by atoms with E-state index in [-0.39, 0.29) is 4.83 Å². The number of likely N-dealkylation sites (N-methyl/N-ethyl adjacent to an activating group) is 1. The molecule has 1 heterocycles. The van der Waals surface area contributed by atoms with Crippen molar-refractivity contribution in [3.63, 3.8) is 0 Å². The lowest BCUT2D eigenvalue weighted by atomic mass is 10.6. The van der Waals surface area contributed by atoms with Crippen LogP contribution in [0.5, 0.6) is 0 Å². The van der Waals surface area contributed by atoms with E-state index in [0.717, 1.165) is 6.54 Å². The zero-order chi connectivity index (χ0) is 6.69. The average molecular weight is 165 g/mol. The van der Waals surface area contributed by atoms with Gasteiger partial charge in [0.15, 0.2) is 4.83 Å². The Morgan fingerprint density at radius 2 is 2.78 bits per heavy atom. The second-order valence-corrected chi connectivity index (χ2v) is 3.67. The highest BCUT2D eigenvalue weighted by atomic mass is 35.5. The molecule has 1 unspecified atom stereocenters. The molecule has 1 aliphatic rings. The van der Waals surface area contributed by atoms with Gasteiger partial charge in [-0.2, -0.15) is 0 Å². The molecule has 0 fully saturated rings. The molecule has 0 amide bonds. The van der Waals surface area contributed by atoms with Crippen molar-refractivity contribution in [2.45, 2.75) is 4.83 Å². The fraction of sp³-hybridized carbons (Fsp3) is 0.600. The van der Waals surface area contributed by atoms with Gasteiger partial charge >= 0.3 is 0 Å². The maximum Gasteiger partial charge on any atom is 0.152 e. The van der Waals surface area contributed by atoms with Crippen LogP contribution in [0.3, 0.4) is 0 Å². The zero-order valence-electron chi connectivity index (χ0n) is 5.15. The molecule has 0 saturated carbocycles. The topological polar surface area (TPSA) is 24.1 Å². The van der Waals surface area contributed by atoms with Gasteiger partial charge in [0.1, 0.15) is 0 Å². The molecule has 0 aromatic rings. The number of alkyl halides is 1. The molecule has 0 radical (unpaired) electrons. The molecule has 1 atom stereocenters. The van der Waals surface area contributed by atoms with Crippen LogP contribution in [-0.4, -0.2) is 18.4 Å². The van der Waals surface area contributed by atoms with Gasteiger partial charge in [-0.1, -0.05) is 23.4 Å². The summed E-state index contributed by atoms with van der Waals surface area (Å²) in [6.45, 7) is 0.904. The Hall–Kier alpha value is 0.140. The van der Waals surface area contributed by atoms with Crippen LogP contribution in [0.4, 0.5) is 0 Å². The third kappa shape index (κ3) is 2.08. The number of hydrogen-bond acceptors (Lipinski definition) is 3. The molecule has 9 heavy (non-hydrogen) atoms. The van der Waals surface area contributed by atoms with Gasteiger partial charge in [0, 0.05) is 17.6 Å². The van der Waals surface area contributed by atoms with Gasteiger partial charge in [0.05, 0.1) is 0 Å². The highest BCUT2D eigenvalue weighted by molar-refractivity contribution is 8.05. The number of nitrogens with one attached hydrogen (secondary N) is 2. The molecule has 0 aromatic heterocycles. The molecule has 1 aliphatic heterocycles. The summed E-state index contributed by atoms with van der Waals surface area (Å²) >= 11 is 7.36. The Labute approximate surface area is 64.0 Å². The molecule has 0 saturated heterocycles. The van der Waals surface area contributed by atoms with Crippen molar-refractivity contribution in [1.29, 1.82) is 0 Å². The first-order chi connectivity index (χ1) is 4.33. The summed E-state index contributed by atoms with van der Waals surface area (Å²) in [4.78, 5) is 1.30. The predicted molar refractivity (Wildman–Crippen MR) is 42.4 cm³/mol. The highest BCUT2D eigenvalue weighted by Gasteiger charge is 2.12. The SMILES string of the molecule is CNCC1=CNC(Cl)S1. The summed E-state index contributed by atoms with van der Waals surface area (Å²) in [5.41, 5.74) is 0. The molecule has 2 nitrogen and oxygen atoms in total. The number of hydrogen-bond donors (Lipinski definition) is 2. The van der Waals surface area contributed by atoms with Crippen LogP contribution in [-0.2, 0) is 0 Å².